The van der Waals surface area contributed by atoms with E-state index in [0.29, 0.717) is 11.4 Å². The molecule has 1 atom stereocenters. The van der Waals surface area contributed by atoms with Crippen LogP contribution in [0.3, 0.4) is 0 Å². The molecule has 2 aliphatic rings. The van der Waals surface area contributed by atoms with Crippen molar-refractivity contribution in [3.63, 3.8) is 0 Å². The number of carbonyl (C=O) groups excluding carboxylic acids is 3. The fraction of sp³-hybridized carbons (Fsp3) is 0.478. The van der Waals surface area contributed by atoms with Crippen LogP contribution >= 0.6 is 0 Å². The van der Waals surface area contributed by atoms with Crippen LogP contribution in [0.4, 0.5) is 5.69 Å². The Balaban J connectivity index is 1.77. The van der Waals surface area contributed by atoms with Gasteiger partial charge in [-0.1, -0.05) is 18.9 Å². The van der Waals surface area contributed by atoms with E-state index in [4.69, 9.17) is 9.47 Å². The lowest BCUT2D eigenvalue weighted by Crippen LogP contribution is -2.65. The van der Waals surface area contributed by atoms with Crippen molar-refractivity contribution in [2.75, 3.05) is 18.6 Å². The minimum atomic E-state index is -1.25. The van der Waals surface area contributed by atoms with E-state index in [1.807, 2.05) is 0 Å². The Kier molecular flexibility index (Phi) is 5.90. The summed E-state index contributed by atoms with van der Waals surface area (Å²) in [4.78, 5) is 40.9. The molecule has 0 radical (unpaired) electrons. The summed E-state index contributed by atoms with van der Waals surface area (Å²) in [6.45, 7) is 3.73. The fourth-order valence-corrected chi connectivity index (χ4v) is 4.45. The van der Waals surface area contributed by atoms with E-state index in [1.54, 1.807) is 45.2 Å². The van der Waals surface area contributed by atoms with E-state index in [9.17, 15) is 14.4 Å². The lowest BCUT2D eigenvalue weighted by atomic mass is 9.93. The zero-order valence-corrected chi connectivity index (χ0v) is 18.6. The standard InChI is InChI=1S/C23H28N4O5/c1-4-32-21(29)18-13-19-20(28)27(16-10-7-11-17(12-16)31-3)23(2,14-26(19)25-18)22(30)24-15-8-5-6-9-15/h7,10-13,15H,4-6,8-9,14H2,1-3H3,(H,24,30)/t23-/m1/s1. The smallest absolute Gasteiger partial charge is 0.358 e. The summed E-state index contributed by atoms with van der Waals surface area (Å²) in [5.74, 6) is -0.705. The van der Waals surface area contributed by atoms with Gasteiger partial charge in [0.25, 0.3) is 5.91 Å². The van der Waals surface area contributed by atoms with E-state index in [1.165, 1.54) is 15.6 Å². The molecule has 2 amide bonds. The molecule has 1 fully saturated rings. The maximum Gasteiger partial charge on any atom is 0.358 e. The Morgan fingerprint density at radius 3 is 2.69 bits per heavy atom. The number of esters is 1. The number of amides is 2. The van der Waals surface area contributed by atoms with Gasteiger partial charge in [0.05, 0.1) is 20.3 Å². The number of rotatable bonds is 6. The van der Waals surface area contributed by atoms with Gasteiger partial charge in [-0.2, -0.15) is 5.10 Å². The summed E-state index contributed by atoms with van der Waals surface area (Å²) in [6.07, 6.45) is 4.00. The van der Waals surface area contributed by atoms with Crippen LogP contribution in [0.2, 0.25) is 0 Å². The molecule has 2 heterocycles. The zero-order valence-electron chi connectivity index (χ0n) is 18.6. The molecule has 1 aliphatic carbocycles. The number of hydrogen-bond donors (Lipinski definition) is 1. The van der Waals surface area contributed by atoms with Crippen molar-refractivity contribution >= 4 is 23.5 Å². The first-order chi connectivity index (χ1) is 15.4. The Labute approximate surface area is 186 Å². The van der Waals surface area contributed by atoms with Crippen LogP contribution in [0.5, 0.6) is 5.75 Å². The summed E-state index contributed by atoms with van der Waals surface area (Å²) in [5, 5.41) is 7.40. The molecule has 4 rings (SSSR count). The van der Waals surface area contributed by atoms with Crippen molar-refractivity contribution in [1.29, 1.82) is 0 Å². The van der Waals surface area contributed by atoms with Crippen molar-refractivity contribution < 1.29 is 23.9 Å². The van der Waals surface area contributed by atoms with Gasteiger partial charge in [-0.3, -0.25) is 19.2 Å². The number of hydrogen-bond acceptors (Lipinski definition) is 6. The molecular formula is C23H28N4O5. The van der Waals surface area contributed by atoms with Crippen LogP contribution in [-0.4, -0.2) is 52.9 Å². The van der Waals surface area contributed by atoms with E-state index in [-0.39, 0.29) is 36.5 Å². The Morgan fingerprint density at radius 1 is 1.25 bits per heavy atom. The number of methoxy groups -OCH3 is 1. The van der Waals surface area contributed by atoms with Gasteiger partial charge in [0.2, 0.25) is 5.91 Å². The Hall–Kier alpha value is -3.36. The topological polar surface area (TPSA) is 103 Å². The number of nitrogens with zero attached hydrogens (tertiary/aromatic N) is 3. The molecule has 32 heavy (non-hydrogen) atoms. The lowest BCUT2D eigenvalue weighted by molar-refractivity contribution is -0.127. The molecule has 1 aromatic heterocycles. The Morgan fingerprint density at radius 2 is 2.00 bits per heavy atom. The number of carbonyl (C=O) groups is 3. The molecular weight excluding hydrogens is 412 g/mol. The Bertz CT molecular complexity index is 1040. The average molecular weight is 441 g/mol. The third kappa shape index (κ3) is 3.83. The predicted molar refractivity (Wildman–Crippen MR) is 117 cm³/mol. The van der Waals surface area contributed by atoms with Crippen molar-refractivity contribution in [1.82, 2.24) is 15.1 Å². The number of ether oxygens (including phenoxy) is 2. The van der Waals surface area contributed by atoms with Crippen molar-refractivity contribution in [3.05, 3.63) is 41.7 Å². The monoisotopic (exact) mass is 440 g/mol. The summed E-state index contributed by atoms with van der Waals surface area (Å²) < 4.78 is 11.8. The number of benzene rings is 1. The quantitative estimate of drug-likeness (QED) is 0.693. The minimum absolute atomic E-state index is 0.0428. The first kappa shape index (κ1) is 21.9. The van der Waals surface area contributed by atoms with Crippen LogP contribution in [0.1, 0.15) is 60.5 Å². The van der Waals surface area contributed by atoms with Crippen molar-refractivity contribution in [2.24, 2.45) is 0 Å². The molecule has 0 unspecified atom stereocenters. The second-order valence-electron chi connectivity index (χ2n) is 8.36. The average Bonchev–Trinajstić information content (AvgIpc) is 3.44. The maximum atomic E-state index is 13.7. The van der Waals surface area contributed by atoms with Crippen LogP contribution in [-0.2, 0) is 16.1 Å². The summed E-state index contributed by atoms with van der Waals surface area (Å²) in [7, 11) is 1.55. The van der Waals surface area contributed by atoms with E-state index in [0.717, 1.165) is 25.7 Å². The molecule has 1 saturated carbocycles. The highest BCUT2D eigenvalue weighted by atomic mass is 16.5. The van der Waals surface area contributed by atoms with Crippen LogP contribution < -0.4 is 15.0 Å². The number of fused-ring (bicyclic) bond motifs is 1. The molecule has 9 heteroatoms. The van der Waals surface area contributed by atoms with E-state index >= 15 is 0 Å². The highest BCUT2D eigenvalue weighted by Gasteiger charge is 2.49. The molecule has 9 nitrogen and oxygen atoms in total. The van der Waals surface area contributed by atoms with E-state index in [2.05, 4.69) is 10.4 Å². The maximum absolute atomic E-state index is 13.7. The SMILES string of the molecule is CCOC(=O)c1cc2n(n1)C[C@](C)(C(=O)NC1CCCC1)N(c1cccc(OC)c1)C2=O. The van der Waals surface area contributed by atoms with Gasteiger partial charge in [0.15, 0.2) is 5.69 Å². The predicted octanol–water partition coefficient (Wildman–Crippen LogP) is 2.55. The second-order valence-corrected chi connectivity index (χ2v) is 8.36. The lowest BCUT2D eigenvalue weighted by Gasteiger charge is -2.43. The van der Waals surface area contributed by atoms with Crippen molar-refractivity contribution in [2.45, 2.75) is 57.7 Å². The molecule has 0 bridgehead atoms. The van der Waals surface area contributed by atoms with E-state index < -0.39 is 17.4 Å². The number of anilines is 1. The van der Waals surface area contributed by atoms with Crippen LogP contribution in [0, 0.1) is 0 Å². The zero-order chi connectivity index (χ0) is 22.9. The third-order valence-electron chi connectivity index (χ3n) is 6.13. The first-order valence-corrected chi connectivity index (χ1v) is 10.9. The van der Waals surface area contributed by atoms with Crippen LogP contribution in [0.25, 0.3) is 0 Å². The van der Waals surface area contributed by atoms with Gasteiger partial charge in [-0.15, -0.1) is 0 Å². The van der Waals surface area contributed by atoms with Gasteiger partial charge < -0.3 is 14.8 Å². The van der Waals surface area contributed by atoms with Gasteiger partial charge in [0, 0.05) is 23.9 Å². The molecule has 1 N–H and O–H groups in total. The van der Waals surface area contributed by atoms with Crippen LogP contribution in [0.15, 0.2) is 30.3 Å². The molecule has 0 saturated heterocycles. The fourth-order valence-electron chi connectivity index (χ4n) is 4.45. The largest absolute Gasteiger partial charge is 0.497 e. The highest BCUT2D eigenvalue weighted by Crippen LogP contribution is 2.35. The minimum Gasteiger partial charge on any atom is -0.497 e. The number of aromatic nitrogens is 2. The first-order valence-electron chi connectivity index (χ1n) is 10.9. The van der Waals surface area contributed by atoms with Gasteiger partial charge in [-0.05, 0) is 38.8 Å². The summed E-state index contributed by atoms with van der Waals surface area (Å²) >= 11 is 0. The number of nitrogens with one attached hydrogen (secondary N) is 1. The van der Waals surface area contributed by atoms with Gasteiger partial charge >= 0.3 is 5.97 Å². The van der Waals surface area contributed by atoms with Crippen molar-refractivity contribution in [3.8, 4) is 5.75 Å². The molecule has 0 spiro atoms. The third-order valence-corrected chi connectivity index (χ3v) is 6.13. The summed E-state index contributed by atoms with van der Waals surface area (Å²) in [6, 6.07) is 8.54. The molecule has 1 aromatic carbocycles. The van der Waals surface area contributed by atoms with Gasteiger partial charge in [0.1, 0.15) is 17.0 Å². The highest BCUT2D eigenvalue weighted by molar-refractivity contribution is 6.12. The van der Waals surface area contributed by atoms with Gasteiger partial charge in [-0.25, -0.2) is 4.79 Å². The molecule has 1 aliphatic heterocycles. The summed E-state index contributed by atoms with van der Waals surface area (Å²) in [5.41, 5.74) is -0.455. The normalized spacial score (nSPS) is 20.7. The molecule has 2 aromatic rings. The second kappa shape index (κ2) is 8.64. The molecule has 170 valence electrons.